The van der Waals surface area contributed by atoms with Gasteiger partial charge in [0.05, 0.1) is 0 Å². The third-order valence-corrected chi connectivity index (χ3v) is 5.13. The van der Waals surface area contributed by atoms with Crippen LogP contribution in [0, 0.1) is 0 Å². The topological polar surface area (TPSA) is 30.5 Å². The summed E-state index contributed by atoms with van der Waals surface area (Å²) in [7, 11) is 0. The van der Waals surface area contributed by atoms with E-state index in [0.29, 0.717) is 23.2 Å². The quantitative estimate of drug-likeness (QED) is 0.295. The van der Waals surface area contributed by atoms with E-state index in [1.165, 1.54) is 0 Å². The van der Waals surface area contributed by atoms with Crippen molar-refractivity contribution in [2.75, 3.05) is 5.32 Å². The second-order valence-corrected chi connectivity index (χ2v) is 7.83. The van der Waals surface area contributed by atoms with Gasteiger partial charge in [-0.05, 0) is 72.3 Å². The summed E-state index contributed by atoms with van der Waals surface area (Å²) in [6, 6.07) is 30.8. The van der Waals surface area contributed by atoms with Crippen LogP contribution in [0.25, 0.3) is 0 Å². The first-order valence-electron chi connectivity index (χ1n) is 9.88. The van der Waals surface area contributed by atoms with Gasteiger partial charge in [-0.3, -0.25) is 0 Å². The van der Waals surface area contributed by atoms with Crippen LogP contribution in [0.3, 0.4) is 0 Å². The smallest absolute Gasteiger partial charge is 0.127 e. The minimum absolute atomic E-state index is 0.456. The molecule has 0 atom stereocenters. The van der Waals surface area contributed by atoms with Crippen LogP contribution in [-0.4, -0.2) is 0 Å². The van der Waals surface area contributed by atoms with Crippen molar-refractivity contribution < 1.29 is 9.47 Å². The highest BCUT2D eigenvalue weighted by atomic mass is 35.5. The maximum absolute atomic E-state index is 6.22. The van der Waals surface area contributed by atoms with Crippen molar-refractivity contribution in [1.29, 1.82) is 0 Å². The molecule has 0 fully saturated rings. The van der Waals surface area contributed by atoms with Crippen molar-refractivity contribution in [3.05, 3.63) is 118 Å². The first-order chi connectivity index (χ1) is 15.2. The van der Waals surface area contributed by atoms with Gasteiger partial charge in [0.15, 0.2) is 0 Å². The molecule has 31 heavy (non-hydrogen) atoms. The van der Waals surface area contributed by atoms with Gasteiger partial charge < -0.3 is 14.8 Å². The normalized spacial score (nSPS) is 10.5. The van der Waals surface area contributed by atoms with E-state index in [1.807, 2.05) is 97.1 Å². The fourth-order valence-corrected chi connectivity index (χ4v) is 3.35. The van der Waals surface area contributed by atoms with E-state index in [2.05, 4.69) is 5.32 Å². The minimum Gasteiger partial charge on any atom is -0.489 e. The van der Waals surface area contributed by atoms with Crippen LogP contribution >= 0.6 is 23.2 Å². The van der Waals surface area contributed by atoms with Gasteiger partial charge in [-0.2, -0.15) is 0 Å². The molecule has 0 aromatic heterocycles. The molecule has 0 spiro atoms. The summed E-state index contributed by atoms with van der Waals surface area (Å²) < 4.78 is 11.9. The van der Waals surface area contributed by atoms with Gasteiger partial charge in [-0.1, -0.05) is 53.5 Å². The molecular weight excluding hydrogens is 429 g/mol. The largest absolute Gasteiger partial charge is 0.489 e. The number of halogens is 2. The van der Waals surface area contributed by atoms with E-state index in [0.717, 1.165) is 34.1 Å². The molecule has 0 saturated carbocycles. The van der Waals surface area contributed by atoms with Crippen LogP contribution in [0.5, 0.6) is 17.2 Å². The van der Waals surface area contributed by atoms with Crippen LogP contribution in [0.15, 0.2) is 97.1 Å². The molecule has 0 aliphatic rings. The fraction of sp³-hybridized carbons (Fsp3) is 0.0769. The average molecular weight is 450 g/mol. The summed E-state index contributed by atoms with van der Waals surface area (Å²) in [4.78, 5) is 0. The van der Waals surface area contributed by atoms with Crippen LogP contribution in [0.1, 0.15) is 11.1 Å². The van der Waals surface area contributed by atoms with E-state index in [1.54, 1.807) is 0 Å². The van der Waals surface area contributed by atoms with E-state index in [9.17, 15) is 0 Å². The van der Waals surface area contributed by atoms with E-state index in [4.69, 9.17) is 32.7 Å². The van der Waals surface area contributed by atoms with Crippen LogP contribution in [0.4, 0.5) is 5.69 Å². The van der Waals surface area contributed by atoms with Crippen molar-refractivity contribution in [2.45, 2.75) is 13.2 Å². The molecule has 0 radical (unpaired) electrons. The van der Waals surface area contributed by atoms with Crippen molar-refractivity contribution in [1.82, 2.24) is 0 Å². The second-order valence-electron chi connectivity index (χ2n) is 6.96. The van der Waals surface area contributed by atoms with Crippen molar-refractivity contribution in [3.63, 3.8) is 0 Å². The summed E-state index contributed by atoms with van der Waals surface area (Å²) in [5, 5.41) is 4.79. The number of rotatable bonds is 8. The molecule has 0 heterocycles. The van der Waals surface area contributed by atoms with Gasteiger partial charge in [0, 0.05) is 27.8 Å². The van der Waals surface area contributed by atoms with E-state index in [-0.39, 0.29) is 0 Å². The Labute approximate surface area is 192 Å². The molecule has 0 unspecified atom stereocenters. The van der Waals surface area contributed by atoms with Gasteiger partial charge in [-0.15, -0.1) is 0 Å². The predicted octanol–water partition coefficient (Wildman–Crippen LogP) is 7.98. The molecule has 3 nitrogen and oxygen atoms in total. The highest BCUT2D eigenvalue weighted by molar-refractivity contribution is 6.30. The lowest BCUT2D eigenvalue weighted by molar-refractivity contribution is 0.303. The van der Waals surface area contributed by atoms with Crippen LogP contribution < -0.4 is 14.8 Å². The number of ether oxygens (including phenoxy) is 2. The third-order valence-electron chi connectivity index (χ3n) is 4.65. The summed E-state index contributed by atoms with van der Waals surface area (Å²) >= 11 is 12.2. The Morgan fingerprint density at radius 3 is 2.10 bits per heavy atom. The lowest BCUT2D eigenvalue weighted by Crippen LogP contribution is -2.04. The van der Waals surface area contributed by atoms with E-state index < -0.39 is 0 Å². The number of anilines is 1. The van der Waals surface area contributed by atoms with Crippen LogP contribution in [0.2, 0.25) is 10.0 Å². The molecule has 1 N–H and O–H groups in total. The Morgan fingerprint density at radius 1 is 0.677 bits per heavy atom. The lowest BCUT2D eigenvalue weighted by Gasteiger charge is -2.14. The molecular formula is C26H21Cl2NO2. The van der Waals surface area contributed by atoms with Gasteiger partial charge in [0.25, 0.3) is 0 Å². The fourth-order valence-electron chi connectivity index (χ4n) is 3.03. The predicted molar refractivity (Wildman–Crippen MR) is 128 cm³/mol. The zero-order valence-electron chi connectivity index (χ0n) is 16.7. The molecule has 0 amide bonds. The summed E-state index contributed by atoms with van der Waals surface area (Å²) in [6.07, 6.45) is 0. The first-order valence-corrected chi connectivity index (χ1v) is 10.6. The molecule has 4 aromatic carbocycles. The molecule has 0 aliphatic heterocycles. The van der Waals surface area contributed by atoms with Gasteiger partial charge >= 0.3 is 0 Å². The molecule has 4 aromatic rings. The highest BCUT2D eigenvalue weighted by Crippen LogP contribution is 2.27. The van der Waals surface area contributed by atoms with Crippen molar-refractivity contribution >= 4 is 28.9 Å². The molecule has 156 valence electrons. The van der Waals surface area contributed by atoms with Crippen molar-refractivity contribution in [3.8, 4) is 17.2 Å². The Balaban J connectivity index is 1.38. The number of hydrogen-bond donors (Lipinski definition) is 1. The Morgan fingerprint density at radius 2 is 1.35 bits per heavy atom. The first kappa shape index (κ1) is 21.1. The minimum atomic E-state index is 0.456. The van der Waals surface area contributed by atoms with Crippen molar-refractivity contribution in [2.24, 2.45) is 0 Å². The average Bonchev–Trinajstić information content (AvgIpc) is 2.80. The SMILES string of the molecule is Clc1ccc(COc2ccc(Cl)cc2CNc2ccc(Oc3ccccc3)cc2)cc1. The molecule has 0 aliphatic carbocycles. The highest BCUT2D eigenvalue weighted by Gasteiger charge is 2.07. The van der Waals surface area contributed by atoms with Gasteiger partial charge in [-0.25, -0.2) is 0 Å². The lowest BCUT2D eigenvalue weighted by atomic mass is 10.2. The third kappa shape index (κ3) is 6.17. The maximum atomic E-state index is 6.22. The summed E-state index contributed by atoms with van der Waals surface area (Å²) in [5.41, 5.74) is 3.00. The summed E-state index contributed by atoms with van der Waals surface area (Å²) in [5.74, 6) is 2.38. The van der Waals surface area contributed by atoms with Gasteiger partial charge in [0.1, 0.15) is 23.9 Å². The zero-order valence-corrected chi connectivity index (χ0v) is 18.2. The standard InChI is InChI=1S/C26H21Cl2NO2/c27-21-8-6-19(7-9-21)18-30-26-15-10-22(28)16-20(26)17-29-23-11-13-25(14-12-23)31-24-4-2-1-3-5-24/h1-16,29H,17-18H2. The molecule has 5 heteroatoms. The van der Waals surface area contributed by atoms with Crippen LogP contribution in [-0.2, 0) is 13.2 Å². The monoisotopic (exact) mass is 449 g/mol. The maximum Gasteiger partial charge on any atom is 0.127 e. The number of benzene rings is 4. The Kier molecular flexibility index (Phi) is 6.98. The number of nitrogens with one attached hydrogen (secondary N) is 1. The van der Waals surface area contributed by atoms with E-state index >= 15 is 0 Å². The molecule has 0 bridgehead atoms. The Bertz CT molecular complexity index is 1110. The number of hydrogen-bond acceptors (Lipinski definition) is 3. The zero-order chi connectivity index (χ0) is 21.5. The second kappa shape index (κ2) is 10.3. The van der Waals surface area contributed by atoms with Gasteiger partial charge in [0.2, 0.25) is 0 Å². The molecule has 4 rings (SSSR count). The molecule has 0 saturated heterocycles. The summed E-state index contributed by atoms with van der Waals surface area (Å²) in [6.45, 7) is 1.03. The Hall–Kier alpha value is -3.14. The number of para-hydroxylation sites is 1.